The van der Waals surface area contributed by atoms with E-state index in [9.17, 15) is 4.79 Å². The van der Waals surface area contributed by atoms with E-state index in [2.05, 4.69) is 9.97 Å². The number of carbonyl (C=O) groups is 1. The van der Waals surface area contributed by atoms with Crippen LogP contribution in [0.25, 0.3) is 0 Å². The SMILES string of the molecule is [2H]c1nc(C2CCN(C(=O)OC(C)(C)C)CC2)c([2H])nc1B1OC(C)(C)C(C)(C)O1. The van der Waals surface area contributed by atoms with Crippen molar-refractivity contribution >= 4 is 18.8 Å². The molecule has 28 heavy (non-hydrogen) atoms. The average molecular weight is 391 g/mol. The Bertz CT molecular complexity index is 805. The molecule has 0 bridgehead atoms. The standard InChI is InChI=1S/C20H32BN3O4/c1-18(2,3)26-17(25)24-10-8-14(9-11-24)15-12-23-16(13-22-15)21-27-19(4,5)20(6,7)28-21/h12-14H,8-11H2,1-7H3/i12D,13D. The summed E-state index contributed by atoms with van der Waals surface area (Å²) in [6.45, 7) is 14.3. The molecule has 1 aromatic rings. The van der Waals surface area contributed by atoms with Crippen molar-refractivity contribution in [3.05, 3.63) is 18.0 Å². The lowest BCUT2D eigenvalue weighted by Crippen LogP contribution is -2.41. The molecule has 2 saturated heterocycles. The molecule has 0 aromatic carbocycles. The molecular weight excluding hydrogens is 357 g/mol. The Morgan fingerprint density at radius 3 is 2.29 bits per heavy atom. The summed E-state index contributed by atoms with van der Waals surface area (Å²) < 4.78 is 34.1. The Kier molecular flexibility index (Phi) is 4.79. The molecular formula is C20H32BN3O4. The molecule has 3 heterocycles. The van der Waals surface area contributed by atoms with Crippen LogP contribution in [0.2, 0.25) is 0 Å². The van der Waals surface area contributed by atoms with Gasteiger partial charge in [-0.25, -0.2) is 4.79 Å². The molecule has 0 aliphatic carbocycles. The van der Waals surface area contributed by atoms with Crippen LogP contribution in [0, 0.1) is 0 Å². The van der Waals surface area contributed by atoms with Gasteiger partial charge in [-0.3, -0.25) is 9.97 Å². The largest absolute Gasteiger partial charge is 0.516 e. The van der Waals surface area contributed by atoms with Gasteiger partial charge in [-0.15, -0.1) is 0 Å². The number of hydrogen-bond acceptors (Lipinski definition) is 6. The predicted molar refractivity (Wildman–Crippen MR) is 108 cm³/mol. The molecule has 7 nitrogen and oxygen atoms in total. The first kappa shape index (κ1) is 18.4. The third-order valence-electron chi connectivity index (χ3n) is 5.59. The number of hydrogen-bond donors (Lipinski definition) is 0. The number of piperidine rings is 1. The molecule has 0 N–H and O–H groups in total. The maximum absolute atomic E-state index is 12.3. The van der Waals surface area contributed by atoms with Gasteiger partial charge in [0.05, 0.1) is 25.2 Å². The molecule has 0 radical (unpaired) electrons. The highest BCUT2D eigenvalue weighted by atomic mass is 16.7. The van der Waals surface area contributed by atoms with Crippen LogP contribution in [0.3, 0.4) is 0 Å². The van der Waals surface area contributed by atoms with Gasteiger partial charge < -0.3 is 18.9 Å². The van der Waals surface area contributed by atoms with Crippen LogP contribution in [0.15, 0.2) is 12.3 Å². The third kappa shape index (κ3) is 4.49. The molecule has 3 rings (SSSR count). The minimum absolute atomic E-state index is 0.0277. The van der Waals surface area contributed by atoms with Crippen LogP contribution in [0.4, 0.5) is 4.79 Å². The van der Waals surface area contributed by atoms with Crippen molar-refractivity contribution in [2.45, 2.75) is 84.0 Å². The predicted octanol–water partition coefficient (Wildman–Crippen LogP) is 2.89. The fourth-order valence-electron chi connectivity index (χ4n) is 3.19. The normalized spacial score (nSPS) is 23.4. The maximum Gasteiger partial charge on any atom is 0.516 e. The van der Waals surface area contributed by atoms with Gasteiger partial charge in [0.25, 0.3) is 0 Å². The summed E-state index contributed by atoms with van der Waals surface area (Å²) in [5.74, 6) is -0.0277. The molecule has 1 amide bonds. The van der Waals surface area contributed by atoms with E-state index in [-0.39, 0.29) is 30.0 Å². The smallest absolute Gasteiger partial charge is 0.444 e. The Morgan fingerprint density at radius 1 is 1.18 bits per heavy atom. The molecule has 0 atom stereocenters. The monoisotopic (exact) mass is 391 g/mol. The van der Waals surface area contributed by atoms with Crippen LogP contribution in [0.1, 0.15) is 75.7 Å². The number of nitrogens with zero attached hydrogens (tertiary/aromatic N) is 3. The van der Waals surface area contributed by atoms with Gasteiger partial charge in [-0.1, -0.05) is 0 Å². The number of ether oxygens (including phenoxy) is 1. The van der Waals surface area contributed by atoms with Crippen molar-refractivity contribution in [3.8, 4) is 0 Å². The minimum Gasteiger partial charge on any atom is -0.444 e. The molecule has 2 aliphatic rings. The van der Waals surface area contributed by atoms with Crippen molar-refractivity contribution in [2.24, 2.45) is 0 Å². The number of rotatable bonds is 2. The Hall–Kier alpha value is -1.67. The lowest BCUT2D eigenvalue weighted by Gasteiger charge is -2.33. The van der Waals surface area contributed by atoms with Crippen molar-refractivity contribution in [3.63, 3.8) is 0 Å². The maximum atomic E-state index is 12.3. The van der Waals surface area contributed by atoms with Gasteiger partial charge in [0.2, 0.25) is 0 Å². The summed E-state index contributed by atoms with van der Waals surface area (Å²) in [7, 11) is -0.817. The highest BCUT2D eigenvalue weighted by Crippen LogP contribution is 2.36. The van der Waals surface area contributed by atoms with Crippen LogP contribution in [-0.4, -0.2) is 58.0 Å². The van der Waals surface area contributed by atoms with Crippen molar-refractivity contribution in [2.75, 3.05) is 13.1 Å². The van der Waals surface area contributed by atoms with Gasteiger partial charge in [-0.2, -0.15) is 0 Å². The van der Waals surface area contributed by atoms with E-state index in [0.717, 1.165) is 0 Å². The van der Waals surface area contributed by atoms with Gasteiger partial charge in [0.1, 0.15) is 5.60 Å². The van der Waals surface area contributed by atoms with Gasteiger partial charge in [0, 0.05) is 31.4 Å². The van der Waals surface area contributed by atoms with E-state index in [4.69, 9.17) is 16.8 Å². The van der Waals surface area contributed by atoms with Crippen molar-refractivity contribution in [1.82, 2.24) is 14.9 Å². The number of amides is 1. The minimum atomic E-state index is -0.817. The van der Waals surface area contributed by atoms with Gasteiger partial charge in [-0.05, 0) is 61.3 Å². The zero-order valence-corrected chi connectivity index (χ0v) is 18.0. The zero-order chi connectivity index (χ0) is 22.5. The molecule has 2 fully saturated rings. The molecule has 154 valence electrons. The van der Waals surface area contributed by atoms with Crippen molar-refractivity contribution < 1.29 is 21.6 Å². The van der Waals surface area contributed by atoms with Crippen LogP contribution >= 0.6 is 0 Å². The first-order valence-electron chi connectivity index (χ1n) is 10.9. The summed E-state index contributed by atoms with van der Waals surface area (Å²) in [5, 5.41) is 0. The average Bonchev–Trinajstić information content (AvgIpc) is 2.82. The lowest BCUT2D eigenvalue weighted by molar-refractivity contribution is 0.00578. The van der Waals surface area contributed by atoms with Crippen LogP contribution in [0.5, 0.6) is 0 Å². The lowest BCUT2D eigenvalue weighted by atomic mass is 9.85. The fourth-order valence-corrected chi connectivity index (χ4v) is 3.19. The van der Waals surface area contributed by atoms with E-state index in [0.29, 0.717) is 31.6 Å². The number of carbonyl (C=O) groups excluding carboxylic acids is 1. The van der Waals surface area contributed by atoms with E-state index in [1.807, 2.05) is 48.5 Å². The molecule has 8 heteroatoms. The first-order chi connectivity index (χ1) is 13.7. The second kappa shape index (κ2) is 7.30. The summed E-state index contributed by atoms with van der Waals surface area (Å²) in [6, 6.07) is 0. The number of aromatic nitrogens is 2. The summed E-state index contributed by atoms with van der Waals surface area (Å²) in [4.78, 5) is 22.6. The first-order valence-corrected chi connectivity index (χ1v) is 9.89. The Labute approximate surface area is 171 Å². The topological polar surface area (TPSA) is 73.8 Å². The molecule has 0 saturated carbocycles. The molecule has 0 unspecified atom stereocenters. The Balaban J connectivity index is 1.71. The molecule has 2 aliphatic heterocycles. The van der Waals surface area contributed by atoms with Crippen LogP contribution < -0.4 is 5.59 Å². The highest BCUT2D eigenvalue weighted by Gasteiger charge is 2.52. The fraction of sp³-hybridized carbons (Fsp3) is 0.750. The zero-order valence-electron chi connectivity index (χ0n) is 20.0. The summed E-state index contributed by atoms with van der Waals surface area (Å²) in [6.07, 6.45) is 0.973. The summed E-state index contributed by atoms with van der Waals surface area (Å²) in [5.41, 5.74) is -0.919. The second-order valence-corrected chi connectivity index (χ2v) is 9.55. The third-order valence-corrected chi connectivity index (χ3v) is 5.59. The van der Waals surface area contributed by atoms with E-state index in [1.54, 1.807) is 4.90 Å². The second-order valence-electron chi connectivity index (χ2n) is 9.55. The summed E-state index contributed by atoms with van der Waals surface area (Å²) >= 11 is 0. The van der Waals surface area contributed by atoms with Gasteiger partial charge >= 0.3 is 13.2 Å². The molecule has 1 aromatic heterocycles. The number of likely N-dealkylation sites (tertiary alicyclic amines) is 1. The van der Waals surface area contributed by atoms with Gasteiger partial charge in [0.15, 0.2) is 0 Å². The Morgan fingerprint density at radius 2 is 1.75 bits per heavy atom. The van der Waals surface area contributed by atoms with Crippen LogP contribution in [-0.2, 0) is 14.0 Å². The quantitative estimate of drug-likeness (QED) is 0.722. The van der Waals surface area contributed by atoms with E-state index in [1.165, 1.54) is 0 Å². The van der Waals surface area contributed by atoms with E-state index < -0.39 is 23.9 Å². The van der Waals surface area contributed by atoms with Crippen molar-refractivity contribution in [1.29, 1.82) is 0 Å². The molecule has 0 spiro atoms. The van der Waals surface area contributed by atoms with E-state index >= 15 is 0 Å². The highest BCUT2D eigenvalue weighted by molar-refractivity contribution is 6.61.